The molecule has 1 aromatic carbocycles. The molecule has 1 unspecified atom stereocenters. The number of nitrogens with one attached hydrogen (secondary N) is 2. The Balaban J connectivity index is 2.56. The lowest BCUT2D eigenvalue weighted by molar-refractivity contribution is -0.134. The minimum absolute atomic E-state index is 0.540. The number of hydrogen-bond donors (Lipinski definition) is 4. The molecule has 0 heterocycles. The summed E-state index contributed by atoms with van der Waals surface area (Å²) in [6.07, 6.45) is 2.81. The second-order valence-electron chi connectivity index (χ2n) is 3.46. The molecular weight excluding hydrogens is 236 g/mol. The Morgan fingerprint density at radius 2 is 1.94 bits per heavy atom. The van der Waals surface area contributed by atoms with Gasteiger partial charge in [-0.05, 0) is 11.6 Å². The average Bonchev–Trinajstić information content (AvgIpc) is 2.42. The lowest BCUT2D eigenvalue weighted by Gasteiger charge is -2.12. The van der Waals surface area contributed by atoms with Crippen molar-refractivity contribution in [1.82, 2.24) is 10.8 Å². The van der Waals surface area contributed by atoms with Gasteiger partial charge in [-0.2, -0.15) is 0 Å². The number of benzene rings is 1. The van der Waals surface area contributed by atoms with Crippen molar-refractivity contribution in [1.29, 1.82) is 0 Å². The number of aliphatic hydroxyl groups is 1. The van der Waals surface area contributed by atoms with Crippen LogP contribution in [0.3, 0.4) is 0 Å². The van der Waals surface area contributed by atoms with Gasteiger partial charge in [-0.1, -0.05) is 30.3 Å². The smallest absolute Gasteiger partial charge is 0.268 e. The van der Waals surface area contributed by atoms with E-state index in [2.05, 4.69) is 5.32 Å². The van der Waals surface area contributed by atoms with Crippen molar-refractivity contribution in [3.63, 3.8) is 0 Å². The lowest BCUT2D eigenvalue weighted by Crippen LogP contribution is -2.47. The predicted octanol–water partition coefficient (Wildman–Crippen LogP) is -0.318. The zero-order valence-corrected chi connectivity index (χ0v) is 9.54. The minimum atomic E-state index is -1.18. The van der Waals surface area contributed by atoms with Crippen LogP contribution >= 0.6 is 0 Å². The van der Waals surface area contributed by atoms with Gasteiger partial charge >= 0.3 is 0 Å². The number of aliphatic hydroxyl groups excluding tert-OH is 1. The Morgan fingerprint density at radius 3 is 2.50 bits per heavy atom. The highest BCUT2D eigenvalue weighted by atomic mass is 16.5. The molecule has 1 aromatic rings. The molecule has 0 radical (unpaired) electrons. The van der Waals surface area contributed by atoms with E-state index in [1.165, 1.54) is 11.6 Å². The summed E-state index contributed by atoms with van der Waals surface area (Å²) in [5.41, 5.74) is 2.19. The summed E-state index contributed by atoms with van der Waals surface area (Å²) in [7, 11) is 0. The summed E-state index contributed by atoms with van der Waals surface area (Å²) < 4.78 is 0. The van der Waals surface area contributed by atoms with Gasteiger partial charge < -0.3 is 10.4 Å². The van der Waals surface area contributed by atoms with E-state index in [0.717, 1.165) is 5.56 Å². The predicted molar refractivity (Wildman–Crippen MR) is 64.4 cm³/mol. The van der Waals surface area contributed by atoms with E-state index in [1.807, 2.05) is 30.3 Å². The first-order valence-corrected chi connectivity index (χ1v) is 5.26. The van der Waals surface area contributed by atoms with Crippen LogP contribution in [-0.2, 0) is 9.59 Å². The van der Waals surface area contributed by atoms with Gasteiger partial charge in [-0.25, -0.2) is 5.48 Å². The Hall–Kier alpha value is -2.18. The largest absolute Gasteiger partial charge is 0.394 e. The Labute approximate surface area is 104 Å². The molecule has 0 bridgehead atoms. The van der Waals surface area contributed by atoms with Gasteiger partial charge in [0.15, 0.2) is 0 Å². The highest BCUT2D eigenvalue weighted by molar-refractivity contribution is 5.95. The van der Waals surface area contributed by atoms with E-state index in [4.69, 9.17) is 10.3 Å². The molecule has 6 heteroatoms. The molecule has 18 heavy (non-hydrogen) atoms. The van der Waals surface area contributed by atoms with Crippen molar-refractivity contribution in [3.05, 3.63) is 42.0 Å². The maximum absolute atomic E-state index is 11.4. The Kier molecular flexibility index (Phi) is 5.56. The molecule has 0 spiro atoms. The third kappa shape index (κ3) is 4.36. The van der Waals surface area contributed by atoms with Crippen molar-refractivity contribution in [3.8, 4) is 0 Å². The summed E-state index contributed by atoms with van der Waals surface area (Å²) in [5.74, 6) is -1.42. The van der Waals surface area contributed by atoms with Crippen molar-refractivity contribution in [2.75, 3.05) is 6.61 Å². The number of hydroxylamine groups is 1. The molecule has 4 N–H and O–H groups in total. The monoisotopic (exact) mass is 250 g/mol. The zero-order chi connectivity index (χ0) is 13.4. The molecule has 96 valence electrons. The molecule has 0 aliphatic carbocycles. The fourth-order valence-electron chi connectivity index (χ4n) is 1.23. The Bertz CT molecular complexity index is 431. The van der Waals surface area contributed by atoms with Gasteiger partial charge in [0, 0.05) is 6.08 Å². The molecule has 0 saturated heterocycles. The summed E-state index contributed by atoms with van der Waals surface area (Å²) in [5, 5.41) is 19.5. The van der Waals surface area contributed by atoms with Crippen LogP contribution in [0.2, 0.25) is 0 Å². The van der Waals surface area contributed by atoms with Crippen molar-refractivity contribution >= 4 is 17.9 Å². The molecule has 1 atom stereocenters. The van der Waals surface area contributed by atoms with Crippen molar-refractivity contribution in [2.45, 2.75) is 6.04 Å². The van der Waals surface area contributed by atoms with Gasteiger partial charge in [-0.3, -0.25) is 14.8 Å². The second kappa shape index (κ2) is 7.21. The highest BCUT2D eigenvalue weighted by Crippen LogP contribution is 2.00. The van der Waals surface area contributed by atoms with Gasteiger partial charge in [0.25, 0.3) is 5.91 Å². The summed E-state index contributed by atoms with van der Waals surface area (Å²) in [6.45, 7) is -0.600. The number of amides is 2. The third-order valence-electron chi connectivity index (χ3n) is 2.15. The van der Waals surface area contributed by atoms with Gasteiger partial charge in [-0.15, -0.1) is 0 Å². The fraction of sp³-hybridized carbons (Fsp3) is 0.167. The van der Waals surface area contributed by atoms with E-state index in [-0.39, 0.29) is 0 Å². The van der Waals surface area contributed by atoms with Crippen LogP contribution in [0.25, 0.3) is 6.08 Å². The van der Waals surface area contributed by atoms with Crippen LogP contribution in [0.1, 0.15) is 5.56 Å². The van der Waals surface area contributed by atoms with E-state index in [9.17, 15) is 9.59 Å². The van der Waals surface area contributed by atoms with Crippen LogP contribution in [0.15, 0.2) is 36.4 Å². The number of rotatable bonds is 5. The molecule has 0 aliphatic heterocycles. The summed E-state index contributed by atoms with van der Waals surface area (Å²) in [6, 6.07) is 7.95. The molecule has 0 aliphatic rings. The van der Waals surface area contributed by atoms with Crippen LogP contribution in [0.5, 0.6) is 0 Å². The summed E-state index contributed by atoms with van der Waals surface area (Å²) >= 11 is 0. The summed E-state index contributed by atoms with van der Waals surface area (Å²) in [4.78, 5) is 22.4. The molecule has 6 nitrogen and oxygen atoms in total. The van der Waals surface area contributed by atoms with Crippen LogP contribution < -0.4 is 10.8 Å². The molecule has 0 aromatic heterocycles. The molecule has 2 amide bonds. The first-order valence-electron chi connectivity index (χ1n) is 5.26. The van der Waals surface area contributed by atoms with Crippen molar-refractivity contribution in [2.24, 2.45) is 0 Å². The second-order valence-corrected chi connectivity index (χ2v) is 3.46. The first-order chi connectivity index (χ1) is 8.67. The van der Waals surface area contributed by atoms with Crippen LogP contribution in [-0.4, -0.2) is 34.8 Å². The quantitative estimate of drug-likeness (QED) is 0.327. The van der Waals surface area contributed by atoms with E-state index >= 15 is 0 Å². The van der Waals surface area contributed by atoms with Gasteiger partial charge in [0.05, 0.1) is 6.61 Å². The zero-order valence-electron chi connectivity index (χ0n) is 9.54. The third-order valence-corrected chi connectivity index (χ3v) is 2.15. The number of carbonyl (C=O) groups is 2. The fourth-order valence-corrected chi connectivity index (χ4v) is 1.23. The Morgan fingerprint density at radius 1 is 1.28 bits per heavy atom. The van der Waals surface area contributed by atoms with Gasteiger partial charge in [0.2, 0.25) is 5.91 Å². The van der Waals surface area contributed by atoms with E-state index < -0.39 is 24.5 Å². The maximum Gasteiger partial charge on any atom is 0.268 e. The first kappa shape index (κ1) is 13.9. The van der Waals surface area contributed by atoms with Crippen LogP contribution in [0.4, 0.5) is 0 Å². The average molecular weight is 250 g/mol. The lowest BCUT2D eigenvalue weighted by atomic mass is 10.2. The maximum atomic E-state index is 11.4. The molecule has 1 rings (SSSR count). The minimum Gasteiger partial charge on any atom is -0.394 e. The molecule has 0 fully saturated rings. The highest BCUT2D eigenvalue weighted by Gasteiger charge is 2.17. The number of hydrogen-bond acceptors (Lipinski definition) is 4. The molecular formula is C12H14N2O4. The van der Waals surface area contributed by atoms with Crippen LogP contribution in [0, 0.1) is 0 Å². The van der Waals surface area contributed by atoms with Gasteiger partial charge in [0.1, 0.15) is 6.04 Å². The normalized spacial score (nSPS) is 12.1. The molecule has 0 saturated carbocycles. The topological polar surface area (TPSA) is 98.7 Å². The van der Waals surface area contributed by atoms with E-state index in [1.54, 1.807) is 6.08 Å². The van der Waals surface area contributed by atoms with E-state index in [0.29, 0.717) is 0 Å². The SMILES string of the molecule is O=C(/C=C/c1ccccc1)NC(CO)C(=O)NO. The van der Waals surface area contributed by atoms with Crippen molar-refractivity contribution < 1.29 is 19.9 Å². The number of carbonyl (C=O) groups excluding carboxylic acids is 2. The standard InChI is InChI=1S/C12H14N2O4/c15-8-10(12(17)14-18)13-11(16)7-6-9-4-2-1-3-5-9/h1-7,10,15,18H,8H2,(H,13,16)(H,14,17)/b7-6+.